The Morgan fingerprint density at radius 2 is 1.93 bits per heavy atom. The highest BCUT2D eigenvalue weighted by atomic mass is 127. The normalized spacial score (nSPS) is 50.4. The van der Waals surface area contributed by atoms with Crippen molar-refractivity contribution >= 4 is 22.6 Å². The lowest BCUT2D eigenvalue weighted by atomic mass is 9.81. The summed E-state index contributed by atoms with van der Waals surface area (Å²) in [6, 6.07) is 0. The molecule has 2 aliphatic carbocycles. The van der Waals surface area contributed by atoms with E-state index in [1.807, 2.05) is 0 Å². The van der Waals surface area contributed by atoms with Gasteiger partial charge in [-0.1, -0.05) is 29.5 Å². The molecular weight excluding hydrogens is 303 g/mol. The molecule has 0 spiro atoms. The van der Waals surface area contributed by atoms with Crippen LogP contribution in [0, 0.1) is 23.7 Å². The van der Waals surface area contributed by atoms with E-state index >= 15 is 0 Å². The van der Waals surface area contributed by atoms with Crippen LogP contribution in [0.25, 0.3) is 0 Å². The van der Waals surface area contributed by atoms with Gasteiger partial charge in [0.25, 0.3) is 0 Å². The number of fused-ring (bicyclic) bond motifs is 2. The smallest absolute Gasteiger partial charge is 0.158 e. The number of hydrogen-bond acceptors (Lipinski definition) is 2. The minimum absolute atomic E-state index is 0.119. The lowest BCUT2D eigenvalue weighted by Gasteiger charge is -2.31. The van der Waals surface area contributed by atoms with E-state index in [4.69, 9.17) is 9.47 Å². The van der Waals surface area contributed by atoms with Gasteiger partial charge < -0.3 is 9.47 Å². The van der Waals surface area contributed by atoms with E-state index in [-0.39, 0.29) is 6.29 Å². The van der Waals surface area contributed by atoms with E-state index in [0.29, 0.717) is 0 Å². The SMILES string of the molecule is CC1C2CC(CC3OCCO3)C(C2)C1I. The molecule has 2 saturated carbocycles. The third-order valence-electron chi connectivity index (χ3n) is 4.63. The van der Waals surface area contributed by atoms with Crippen molar-refractivity contribution in [2.75, 3.05) is 13.2 Å². The molecule has 0 aromatic rings. The van der Waals surface area contributed by atoms with Crippen molar-refractivity contribution < 1.29 is 9.47 Å². The van der Waals surface area contributed by atoms with E-state index < -0.39 is 0 Å². The van der Waals surface area contributed by atoms with Crippen molar-refractivity contribution in [2.24, 2.45) is 23.7 Å². The summed E-state index contributed by atoms with van der Waals surface area (Å²) in [5.41, 5.74) is 0. The molecule has 2 nitrogen and oxygen atoms in total. The molecule has 1 saturated heterocycles. The van der Waals surface area contributed by atoms with Crippen molar-refractivity contribution in [1.29, 1.82) is 0 Å². The maximum absolute atomic E-state index is 5.56. The van der Waals surface area contributed by atoms with E-state index in [1.54, 1.807) is 0 Å². The molecule has 0 N–H and O–H groups in total. The van der Waals surface area contributed by atoms with E-state index in [1.165, 1.54) is 12.8 Å². The quantitative estimate of drug-likeness (QED) is 0.575. The fraction of sp³-hybridized carbons (Fsp3) is 1.00. The second-order valence-corrected chi connectivity index (χ2v) is 6.80. The third kappa shape index (κ3) is 1.84. The van der Waals surface area contributed by atoms with Crippen LogP contribution in [0.3, 0.4) is 0 Å². The van der Waals surface area contributed by atoms with Crippen LogP contribution in [0.15, 0.2) is 0 Å². The largest absolute Gasteiger partial charge is 0.350 e. The Morgan fingerprint density at radius 3 is 2.53 bits per heavy atom. The van der Waals surface area contributed by atoms with E-state index in [2.05, 4.69) is 29.5 Å². The fourth-order valence-corrected chi connectivity index (χ4v) is 5.20. The minimum Gasteiger partial charge on any atom is -0.350 e. The van der Waals surface area contributed by atoms with Gasteiger partial charge in [-0.25, -0.2) is 0 Å². The van der Waals surface area contributed by atoms with Crippen molar-refractivity contribution in [2.45, 2.75) is 36.4 Å². The molecule has 0 amide bonds. The van der Waals surface area contributed by atoms with Crippen molar-refractivity contribution in [3.63, 3.8) is 0 Å². The van der Waals surface area contributed by atoms with Crippen LogP contribution < -0.4 is 0 Å². The first-order valence-electron chi connectivity index (χ1n) is 6.13. The monoisotopic (exact) mass is 322 g/mol. The van der Waals surface area contributed by atoms with Crippen LogP contribution in [0.2, 0.25) is 0 Å². The average Bonchev–Trinajstić information content (AvgIpc) is 2.89. The Bertz CT molecular complexity index is 238. The van der Waals surface area contributed by atoms with Crippen LogP contribution in [0.5, 0.6) is 0 Å². The zero-order valence-corrected chi connectivity index (χ0v) is 11.4. The summed E-state index contributed by atoms with van der Waals surface area (Å²) in [6.45, 7) is 4.03. The van der Waals surface area contributed by atoms with Crippen LogP contribution in [0.1, 0.15) is 26.2 Å². The van der Waals surface area contributed by atoms with Gasteiger partial charge >= 0.3 is 0 Å². The second kappa shape index (κ2) is 4.15. The zero-order chi connectivity index (χ0) is 10.4. The minimum atomic E-state index is 0.119. The van der Waals surface area contributed by atoms with Gasteiger partial charge in [0.2, 0.25) is 0 Å². The molecule has 15 heavy (non-hydrogen) atoms. The predicted molar refractivity (Wildman–Crippen MR) is 67.0 cm³/mol. The molecule has 3 rings (SSSR count). The van der Waals surface area contributed by atoms with Gasteiger partial charge in [0, 0.05) is 10.3 Å². The average molecular weight is 322 g/mol. The lowest BCUT2D eigenvalue weighted by Crippen LogP contribution is -2.29. The van der Waals surface area contributed by atoms with Gasteiger partial charge in [-0.2, -0.15) is 0 Å². The fourth-order valence-electron chi connectivity index (χ4n) is 3.73. The summed E-state index contributed by atoms with van der Waals surface area (Å²) in [6.07, 6.45) is 4.15. The Balaban J connectivity index is 1.60. The molecule has 0 aromatic heterocycles. The van der Waals surface area contributed by atoms with Crippen molar-refractivity contribution in [1.82, 2.24) is 0 Å². The third-order valence-corrected chi connectivity index (χ3v) is 6.68. The van der Waals surface area contributed by atoms with Gasteiger partial charge in [0.15, 0.2) is 6.29 Å². The molecule has 1 aliphatic heterocycles. The Labute approximate surface area is 105 Å². The van der Waals surface area contributed by atoms with E-state index in [9.17, 15) is 0 Å². The van der Waals surface area contributed by atoms with Crippen molar-refractivity contribution in [3.8, 4) is 0 Å². The molecule has 1 heterocycles. The maximum Gasteiger partial charge on any atom is 0.158 e. The van der Waals surface area contributed by atoms with Crippen LogP contribution in [-0.4, -0.2) is 23.4 Å². The number of rotatable bonds is 2. The first kappa shape index (κ1) is 10.8. The highest BCUT2D eigenvalue weighted by Gasteiger charge is 2.50. The molecule has 0 aromatic carbocycles. The standard InChI is InChI=1S/C12H19IO2/c1-7-8-4-9(10(5-8)12(7)13)6-11-14-2-3-15-11/h7-12H,2-6H2,1H3. The molecule has 3 aliphatic rings. The number of hydrogen-bond donors (Lipinski definition) is 0. The first-order chi connectivity index (χ1) is 7.25. The maximum atomic E-state index is 5.56. The summed E-state index contributed by atoms with van der Waals surface area (Å²) >= 11 is 2.67. The molecule has 3 heteroatoms. The van der Waals surface area contributed by atoms with Gasteiger partial charge in [-0.15, -0.1) is 0 Å². The predicted octanol–water partition coefficient (Wildman–Crippen LogP) is 2.85. The van der Waals surface area contributed by atoms with Crippen molar-refractivity contribution in [3.05, 3.63) is 0 Å². The summed E-state index contributed by atoms with van der Waals surface area (Å²) in [5.74, 6) is 3.75. The Kier molecular flexibility index (Phi) is 2.98. The highest BCUT2D eigenvalue weighted by molar-refractivity contribution is 14.1. The highest BCUT2D eigenvalue weighted by Crippen LogP contribution is 2.56. The molecular formula is C12H19IO2. The van der Waals surface area contributed by atoms with Gasteiger partial charge in [-0.3, -0.25) is 0 Å². The van der Waals surface area contributed by atoms with Crippen LogP contribution in [0.4, 0.5) is 0 Å². The van der Waals surface area contributed by atoms with Gasteiger partial charge in [-0.05, 0) is 36.5 Å². The molecule has 5 atom stereocenters. The molecule has 0 radical (unpaired) electrons. The zero-order valence-electron chi connectivity index (χ0n) is 9.19. The van der Waals surface area contributed by atoms with Gasteiger partial charge in [0.1, 0.15) is 0 Å². The van der Waals surface area contributed by atoms with Crippen LogP contribution >= 0.6 is 22.6 Å². The topological polar surface area (TPSA) is 18.5 Å². The Morgan fingerprint density at radius 1 is 1.20 bits per heavy atom. The van der Waals surface area contributed by atoms with E-state index in [0.717, 1.165) is 47.2 Å². The Hall–Kier alpha value is 0.650. The summed E-state index contributed by atoms with van der Waals surface area (Å²) in [5, 5.41) is 0. The molecule has 3 fully saturated rings. The van der Waals surface area contributed by atoms with Crippen LogP contribution in [-0.2, 0) is 9.47 Å². The molecule has 86 valence electrons. The van der Waals surface area contributed by atoms with Gasteiger partial charge in [0.05, 0.1) is 13.2 Å². The number of ether oxygens (including phenoxy) is 2. The summed E-state index contributed by atoms with van der Waals surface area (Å²) in [4.78, 5) is 0. The second-order valence-electron chi connectivity index (χ2n) is 5.37. The lowest BCUT2D eigenvalue weighted by molar-refractivity contribution is -0.0617. The molecule has 5 unspecified atom stereocenters. The number of halogens is 1. The summed E-state index contributed by atoms with van der Waals surface area (Å²) < 4.78 is 12.0. The number of alkyl halides is 1. The summed E-state index contributed by atoms with van der Waals surface area (Å²) in [7, 11) is 0. The molecule has 2 bridgehead atoms. The first-order valence-corrected chi connectivity index (χ1v) is 7.37.